The summed E-state index contributed by atoms with van der Waals surface area (Å²) in [7, 11) is 0. The molecule has 5 aliphatic rings. The van der Waals surface area contributed by atoms with E-state index < -0.39 is 0 Å². The topological polar surface area (TPSA) is 53.3 Å². The highest BCUT2D eigenvalue weighted by atomic mass is 127. The van der Waals surface area contributed by atoms with Crippen LogP contribution in [0.15, 0.2) is 45.6 Å². The first-order valence-corrected chi connectivity index (χ1v) is 13.4. The van der Waals surface area contributed by atoms with E-state index in [-0.39, 0.29) is 22.7 Å². The molecule has 2 N–H and O–H groups in total. The molecule has 0 unspecified atom stereocenters. The minimum Gasteiger partial charge on any atom is -0.393 e. The van der Waals surface area contributed by atoms with Crippen molar-refractivity contribution in [2.45, 2.75) is 81.5 Å². The number of allylic oxidation sites excluding steroid dienone is 1. The van der Waals surface area contributed by atoms with Crippen molar-refractivity contribution in [1.29, 1.82) is 5.41 Å². The highest BCUT2D eigenvalue weighted by Gasteiger charge is 2.66. The molecule has 4 heteroatoms. The second kappa shape index (κ2) is 7.38. The number of ether oxygens (including phenoxy) is 1. The molecular weight excluding hydrogens is 509 g/mol. The van der Waals surface area contributed by atoms with Crippen LogP contribution in [0, 0.1) is 16.7 Å². The molecule has 2 aliphatic heterocycles. The second-order valence-corrected chi connectivity index (χ2v) is 11.6. The van der Waals surface area contributed by atoms with E-state index >= 15 is 0 Å². The average molecular weight is 541 g/mol. The fraction of sp³-hybridized carbons (Fsp3) is 0.536. The van der Waals surface area contributed by atoms with Gasteiger partial charge in [0.05, 0.1) is 17.3 Å². The van der Waals surface area contributed by atoms with E-state index in [0.717, 1.165) is 49.7 Å². The lowest BCUT2D eigenvalue weighted by Gasteiger charge is -2.54. The van der Waals surface area contributed by atoms with E-state index in [1.807, 2.05) is 4.08 Å². The Bertz CT molecular complexity index is 1070. The molecule has 168 valence electrons. The Hall–Kier alpha value is -1.24. The van der Waals surface area contributed by atoms with Crippen LogP contribution < -0.4 is 0 Å². The SMILES string of the molecule is C[C@]12CC=C3C=C4CC[C@@H](O)C[C@]45CC[C@]3(O5)[C@@H]1CC[C@@H]2c1ccc(/C=C\I)c(C=N)c1. The molecule has 6 atom stereocenters. The zero-order chi connectivity index (χ0) is 22.1. The first-order valence-electron chi connectivity index (χ1n) is 12.2. The van der Waals surface area contributed by atoms with Crippen molar-refractivity contribution < 1.29 is 9.84 Å². The van der Waals surface area contributed by atoms with Gasteiger partial charge in [-0.15, -0.1) is 0 Å². The van der Waals surface area contributed by atoms with Gasteiger partial charge >= 0.3 is 0 Å². The first-order chi connectivity index (χ1) is 15.4. The van der Waals surface area contributed by atoms with Crippen molar-refractivity contribution in [2.24, 2.45) is 11.3 Å². The van der Waals surface area contributed by atoms with Crippen LogP contribution in [-0.2, 0) is 4.74 Å². The molecule has 1 aromatic carbocycles. The van der Waals surface area contributed by atoms with Gasteiger partial charge in [0.15, 0.2) is 0 Å². The van der Waals surface area contributed by atoms with E-state index in [1.54, 1.807) is 0 Å². The summed E-state index contributed by atoms with van der Waals surface area (Å²) in [6.07, 6.45) is 16.5. The van der Waals surface area contributed by atoms with Gasteiger partial charge in [-0.2, -0.15) is 0 Å². The van der Waals surface area contributed by atoms with E-state index in [4.69, 9.17) is 10.1 Å². The van der Waals surface area contributed by atoms with Gasteiger partial charge in [-0.3, -0.25) is 0 Å². The van der Waals surface area contributed by atoms with Crippen molar-refractivity contribution in [1.82, 2.24) is 0 Å². The normalized spacial score (nSPS) is 42.2. The minimum atomic E-state index is -0.228. The molecule has 32 heavy (non-hydrogen) atoms. The van der Waals surface area contributed by atoms with Crippen molar-refractivity contribution in [3.63, 3.8) is 0 Å². The Kier molecular flexibility index (Phi) is 4.91. The van der Waals surface area contributed by atoms with Crippen molar-refractivity contribution in [3.8, 4) is 0 Å². The van der Waals surface area contributed by atoms with Crippen molar-refractivity contribution >= 4 is 34.9 Å². The van der Waals surface area contributed by atoms with E-state index in [1.165, 1.54) is 35.8 Å². The van der Waals surface area contributed by atoms with Gasteiger partial charge in [-0.1, -0.05) is 53.8 Å². The van der Waals surface area contributed by atoms with Crippen molar-refractivity contribution in [3.05, 3.63) is 62.3 Å². The molecule has 1 aromatic rings. The van der Waals surface area contributed by atoms with Crippen LogP contribution in [-0.4, -0.2) is 28.6 Å². The van der Waals surface area contributed by atoms with Gasteiger partial charge < -0.3 is 15.3 Å². The van der Waals surface area contributed by atoms with Crippen LogP contribution in [0.1, 0.15) is 80.9 Å². The predicted octanol–water partition coefficient (Wildman–Crippen LogP) is 6.69. The Morgan fingerprint density at radius 3 is 2.88 bits per heavy atom. The van der Waals surface area contributed by atoms with E-state index in [2.05, 4.69) is 65.9 Å². The second-order valence-electron chi connectivity index (χ2n) is 10.9. The number of benzene rings is 1. The molecule has 2 saturated carbocycles. The van der Waals surface area contributed by atoms with Crippen LogP contribution in [0.2, 0.25) is 0 Å². The smallest absolute Gasteiger partial charge is 0.0974 e. The van der Waals surface area contributed by atoms with E-state index in [9.17, 15) is 5.11 Å². The molecule has 3 aliphatic carbocycles. The summed E-state index contributed by atoms with van der Waals surface area (Å²) in [5, 5.41) is 18.4. The predicted molar refractivity (Wildman–Crippen MR) is 137 cm³/mol. The maximum absolute atomic E-state index is 10.5. The maximum Gasteiger partial charge on any atom is 0.0974 e. The Morgan fingerprint density at radius 2 is 2.06 bits per heavy atom. The number of nitrogens with one attached hydrogen (secondary N) is 1. The van der Waals surface area contributed by atoms with Crippen LogP contribution >= 0.6 is 22.6 Å². The maximum atomic E-state index is 10.5. The molecule has 2 heterocycles. The van der Waals surface area contributed by atoms with Gasteiger partial charge in [0.25, 0.3) is 0 Å². The summed E-state index contributed by atoms with van der Waals surface area (Å²) in [6.45, 7) is 2.49. The Labute approximate surface area is 204 Å². The zero-order valence-electron chi connectivity index (χ0n) is 18.7. The van der Waals surface area contributed by atoms with Gasteiger partial charge in [0, 0.05) is 12.6 Å². The zero-order valence-corrected chi connectivity index (χ0v) is 20.9. The number of hydrogen-bond acceptors (Lipinski definition) is 3. The monoisotopic (exact) mass is 541 g/mol. The lowest BCUT2D eigenvalue weighted by molar-refractivity contribution is -0.144. The molecule has 3 fully saturated rings. The number of aliphatic hydroxyl groups is 1. The largest absolute Gasteiger partial charge is 0.393 e. The molecule has 2 spiro atoms. The molecule has 3 nitrogen and oxygen atoms in total. The third-order valence-electron chi connectivity index (χ3n) is 9.57. The summed E-state index contributed by atoms with van der Waals surface area (Å²) in [4.78, 5) is 0. The molecule has 0 radical (unpaired) electrons. The van der Waals surface area contributed by atoms with Gasteiger partial charge in [-0.25, -0.2) is 0 Å². The standard InChI is InChI=1S/C28H32INO2/c1-26-10-8-22-15-21-4-5-23(31)16-27(21)11-12-28(22,32-27)25(26)7-6-24(26)19-3-2-18(9-13-29)20(14-19)17-30/h2-3,8-9,13-15,17,23-25,30-31H,4-7,10-12,16H2,1H3/b13-9-,30-17?/t23-,24-,25-,26-,27-,28-/m1/s1. The summed E-state index contributed by atoms with van der Waals surface area (Å²) < 4.78 is 9.18. The number of halogens is 1. The molecule has 1 saturated heterocycles. The Balaban J connectivity index is 1.39. The van der Waals surface area contributed by atoms with Crippen LogP contribution in [0.4, 0.5) is 0 Å². The van der Waals surface area contributed by atoms with Crippen LogP contribution in [0.3, 0.4) is 0 Å². The highest BCUT2D eigenvalue weighted by molar-refractivity contribution is 14.1. The van der Waals surface area contributed by atoms with Crippen molar-refractivity contribution in [2.75, 3.05) is 0 Å². The number of hydrogen-bond donors (Lipinski definition) is 2. The molecule has 2 bridgehead atoms. The average Bonchev–Trinajstić information content (AvgIpc) is 3.29. The van der Waals surface area contributed by atoms with Gasteiger partial charge in [-0.05, 0) is 106 Å². The minimum absolute atomic E-state index is 0.160. The fourth-order valence-electron chi connectivity index (χ4n) is 8.08. The molecule has 0 aromatic heterocycles. The lowest BCUT2D eigenvalue weighted by atomic mass is 9.58. The summed E-state index contributed by atoms with van der Waals surface area (Å²) in [6, 6.07) is 6.73. The first kappa shape index (κ1) is 21.3. The lowest BCUT2D eigenvalue weighted by Crippen LogP contribution is -2.54. The highest BCUT2D eigenvalue weighted by Crippen LogP contribution is 2.69. The Morgan fingerprint density at radius 1 is 1.19 bits per heavy atom. The van der Waals surface area contributed by atoms with Gasteiger partial charge in [0.2, 0.25) is 0 Å². The molecule has 0 amide bonds. The quantitative estimate of drug-likeness (QED) is 0.331. The van der Waals surface area contributed by atoms with Crippen LogP contribution in [0.5, 0.6) is 0 Å². The summed E-state index contributed by atoms with van der Waals surface area (Å²) >= 11 is 2.24. The fourth-order valence-corrected chi connectivity index (χ4v) is 8.47. The number of rotatable bonds is 3. The summed E-state index contributed by atoms with van der Waals surface area (Å²) in [5.41, 5.74) is 6.14. The number of fused-ring (bicyclic) bond motifs is 1. The van der Waals surface area contributed by atoms with Gasteiger partial charge in [0.1, 0.15) is 0 Å². The van der Waals surface area contributed by atoms with E-state index in [0.29, 0.717) is 11.8 Å². The number of aliphatic hydroxyl groups excluding tert-OH is 1. The molecule has 6 rings (SSSR count). The van der Waals surface area contributed by atoms with Crippen LogP contribution in [0.25, 0.3) is 6.08 Å². The third-order valence-corrected chi connectivity index (χ3v) is 9.93. The molecular formula is C28H32INO2. The summed E-state index contributed by atoms with van der Waals surface area (Å²) in [5.74, 6) is 0.993. The third kappa shape index (κ3) is 2.81.